The molecule has 0 aliphatic heterocycles. The van der Waals surface area contributed by atoms with E-state index in [2.05, 4.69) is 0 Å². The van der Waals surface area contributed by atoms with Crippen molar-refractivity contribution in [2.24, 2.45) is 0 Å². The van der Waals surface area contributed by atoms with Crippen molar-refractivity contribution in [2.45, 2.75) is 19.3 Å². The van der Waals surface area contributed by atoms with E-state index in [1.807, 2.05) is 24.3 Å². The maximum absolute atomic E-state index is 11.6. The standard InChI is InChI=1S/C14H15ClO3/c15-10-2-1-3-11-4-6-12(7-5-11)13(16)8-9-14(17)18/h1,3-7H,2,8-10H2,(H,17,18). The van der Waals surface area contributed by atoms with Crippen LogP contribution in [0.15, 0.2) is 30.3 Å². The van der Waals surface area contributed by atoms with E-state index >= 15 is 0 Å². The molecule has 4 heteroatoms. The molecule has 0 fully saturated rings. The molecule has 0 saturated carbocycles. The number of alkyl halides is 1. The number of aliphatic carboxylic acids is 1. The number of carboxylic acids is 1. The molecule has 1 N–H and O–H groups in total. The van der Waals surface area contributed by atoms with Crippen LogP contribution in [0.5, 0.6) is 0 Å². The van der Waals surface area contributed by atoms with Gasteiger partial charge in [0.1, 0.15) is 0 Å². The van der Waals surface area contributed by atoms with Crippen molar-refractivity contribution in [3.8, 4) is 0 Å². The van der Waals surface area contributed by atoms with Gasteiger partial charge in [0.15, 0.2) is 5.78 Å². The number of carbonyl (C=O) groups excluding carboxylic acids is 1. The Hall–Kier alpha value is -1.61. The Bertz CT molecular complexity index is 435. The summed E-state index contributed by atoms with van der Waals surface area (Å²) in [5, 5.41) is 8.50. The lowest BCUT2D eigenvalue weighted by Gasteiger charge is -2.00. The number of allylic oxidation sites excluding steroid dienone is 1. The zero-order valence-corrected chi connectivity index (χ0v) is 10.7. The van der Waals surface area contributed by atoms with E-state index in [9.17, 15) is 9.59 Å². The molecule has 1 aromatic rings. The number of Topliss-reactive ketones (excluding diaryl/α,β-unsaturated/α-hetero) is 1. The lowest BCUT2D eigenvalue weighted by atomic mass is 10.0. The molecular weight excluding hydrogens is 252 g/mol. The number of rotatable bonds is 7. The largest absolute Gasteiger partial charge is 0.481 e. The summed E-state index contributed by atoms with van der Waals surface area (Å²) in [7, 11) is 0. The van der Waals surface area contributed by atoms with E-state index < -0.39 is 5.97 Å². The quantitative estimate of drug-likeness (QED) is 0.608. The van der Waals surface area contributed by atoms with Gasteiger partial charge >= 0.3 is 5.97 Å². The number of benzene rings is 1. The Balaban J connectivity index is 2.59. The topological polar surface area (TPSA) is 54.4 Å². The number of ketones is 1. The molecule has 18 heavy (non-hydrogen) atoms. The zero-order valence-electron chi connectivity index (χ0n) is 9.93. The predicted molar refractivity (Wildman–Crippen MR) is 72.0 cm³/mol. The van der Waals surface area contributed by atoms with Gasteiger partial charge in [-0.15, -0.1) is 11.6 Å². The van der Waals surface area contributed by atoms with E-state index in [4.69, 9.17) is 16.7 Å². The molecule has 0 saturated heterocycles. The summed E-state index contributed by atoms with van der Waals surface area (Å²) in [4.78, 5) is 22.0. The van der Waals surface area contributed by atoms with Crippen LogP contribution in [0.2, 0.25) is 0 Å². The van der Waals surface area contributed by atoms with Crippen LogP contribution in [0, 0.1) is 0 Å². The van der Waals surface area contributed by atoms with Crippen molar-refractivity contribution in [2.75, 3.05) is 5.88 Å². The van der Waals surface area contributed by atoms with Gasteiger partial charge in [0.25, 0.3) is 0 Å². The summed E-state index contributed by atoms with van der Waals surface area (Å²) in [5.41, 5.74) is 1.54. The molecule has 1 aromatic carbocycles. The fourth-order valence-electron chi connectivity index (χ4n) is 1.43. The van der Waals surface area contributed by atoms with E-state index in [-0.39, 0.29) is 18.6 Å². The molecule has 0 bridgehead atoms. The van der Waals surface area contributed by atoms with Crippen molar-refractivity contribution < 1.29 is 14.7 Å². The summed E-state index contributed by atoms with van der Waals surface area (Å²) in [6.45, 7) is 0. The van der Waals surface area contributed by atoms with Gasteiger partial charge in [0.2, 0.25) is 0 Å². The summed E-state index contributed by atoms with van der Waals surface area (Å²) < 4.78 is 0. The average Bonchev–Trinajstić information content (AvgIpc) is 2.37. The highest BCUT2D eigenvalue weighted by atomic mass is 35.5. The van der Waals surface area contributed by atoms with Crippen molar-refractivity contribution in [1.29, 1.82) is 0 Å². The normalized spacial score (nSPS) is 10.7. The van der Waals surface area contributed by atoms with Crippen molar-refractivity contribution in [3.63, 3.8) is 0 Å². The highest BCUT2D eigenvalue weighted by molar-refractivity contribution is 6.17. The molecule has 0 aliphatic rings. The van der Waals surface area contributed by atoms with Crippen LogP contribution in [-0.2, 0) is 4.79 Å². The molecule has 1 rings (SSSR count). The summed E-state index contributed by atoms with van der Waals surface area (Å²) in [6, 6.07) is 7.09. The molecule has 0 aliphatic carbocycles. The number of carboxylic acid groups (broad SMARTS) is 1. The van der Waals surface area contributed by atoms with Gasteiger partial charge in [-0.3, -0.25) is 9.59 Å². The Kier molecular flexibility index (Phi) is 6.15. The third-order valence-corrected chi connectivity index (χ3v) is 2.60. The monoisotopic (exact) mass is 266 g/mol. The van der Waals surface area contributed by atoms with Gasteiger partial charge in [0, 0.05) is 17.9 Å². The molecule has 0 radical (unpaired) electrons. The first-order valence-corrected chi connectivity index (χ1v) is 6.24. The van der Waals surface area contributed by atoms with Gasteiger partial charge in [0.05, 0.1) is 6.42 Å². The molecular formula is C14H15ClO3. The third-order valence-electron chi connectivity index (χ3n) is 2.38. The first-order chi connectivity index (χ1) is 8.63. The Morgan fingerprint density at radius 1 is 1.17 bits per heavy atom. The second-order valence-electron chi connectivity index (χ2n) is 3.82. The van der Waals surface area contributed by atoms with Gasteiger partial charge in [-0.2, -0.15) is 0 Å². The molecule has 0 atom stereocenters. The Morgan fingerprint density at radius 3 is 2.39 bits per heavy atom. The van der Waals surface area contributed by atoms with Crippen LogP contribution >= 0.6 is 11.6 Å². The minimum absolute atomic E-state index is 0.0385. The van der Waals surface area contributed by atoms with Crippen LogP contribution in [0.3, 0.4) is 0 Å². The zero-order chi connectivity index (χ0) is 13.4. The van der Waals surface area contributed by atoms with Gasteiger partial charge in [-0.1, -0.05) is 36.4 Å². The molecule has 0 heterocycles. The summed E-state index contributed by atoms with van der Waals surface area (Å²) in [6.07, 6.45) is 4.62. The molecule has 0 aromatic heterocycles. The van der Waals surface area contributed by atoms with Gasteiger partial charge in [-0.05, 0) is 12.0 Å². The second-order valence-corrected chi connectivity index (χ2v) is 4.20. The minimum Gasteiger partial charge on any atom is -0.481 e. The van der Waals surface area contributed by atoms with Crippen molar-refractivity contribution >= 4 is 29.4 Å². The molecule has 96 valence electrons. The van der Waals surface area contributed by atoms with Crippen LogP contribution in [0.4, 0.5) is 0 Å². The van der Waals surface area contributed by atoms with Crippen LogP contribution in [-0.4, -0.2) is 22.7 Å². The van der Waals surface area contributed by atoms with Crippen molar-refractivity contribution in [1.82, 2.24) is 0 Å². The Morgan fingerprint density at radius 2 is 1.83 bits per heavy atom. The van der Waals surface area contributed by atoms with Gasteiger partial charge in [-0.25, -0.2) is 0 Å². The smallest absolute Gasteiger partial charge is 0.303 e. The lowest BCUT2D eigenvalue weighted by molar-refractivity contribution is -0.136. The maximum Gasteiger partial charge on any atom is 0.303 e. The van der Waals surface area contributed by atoms with Gasteiger partial charge < -0.3 is 5.11 Å². The minimum atomic E-state index is -0.955. The molecule has 0 spiro atoms. The number of hydrogen-bond acceptors (Lipinski definition) is 2. The van der Waals surface area contributed by atoms with Crippen LogP contribution < -0.4 is 0 Å². The molecule has 0 amide bonds. The molecule has 3 nitrogen and oxygen atoms in total. The first kappa shape index (κ1) is 14.5. The third kappa shape index (κ3) is 5.15. The first-order valence-electron chi connectivity index (χ1n) is 5.71. The fraction of sp³-hybridized carbons (Fsp3) is 0.286. The lowest BCUT2D eigenvalue weighted by Crippen LogP contribution is -2.03. The highest BCUT2D eigenvalue weighted by Crippen LogP contribution is 2.10. The average molecular weight is 267 g/mol. The maximum atomic E-state index is 11.6. The van der Waals surface area contributed by atoms with E-state index in [0.717, 1.165) is 12.0 Å². The predicted octanol–water partition coefficient (Wildman–Crippen LogP) is 3.38. The number of hydrogen-bond donors (Lipinski definition) is 1. The van der Waals surface area contributed by atoms with E-state index in [0.29, 0.717) is 11.4 Å². The molecule has 0 unspecified atom stereocenters. The number of halogens is 1. The van der Waals surface area contributed by atoms with E-state index in [1.54, 1.807) is 12.1 Å². The SMILES string of the molecule is O=C(O)CCC(=O)c1ccc(C=CCCCl)cc1. The summed E-state index contributed by atoms with van der Waals surface area (Å²) >= 11 is 5.55. The van der Waals surface area contributed by atoms with Crippen molar-refractivity contribution in [3.05, 3.63) is 41.5 Å². The Labute approximate surface area is 111 Å². The second kappa shape index (κ2) is 7.67. The van der Waals surface area contributed by atoms with Crippen LogP contribution in [0.1, 0.15) is 35.2 Å². The summed E-state index contributed by atoms with van der Waals surface area (Å²) in [5.74, 6) is -0.514. The highest BCUT2D eigenvalue weighted by Gasteiger charge is 2.07. The van der Waals surface area contributed by atoms with E-state index in [1.165, 1.54) is 0 Å². The number of carbonyl (C=O) groups is 2. The van der Waals surface area contributed by atoms with Crippen LogP contribution in [0.25, 0.3) is 6.08 Å². The fourth-order valence-corrected chi connectivity index (χ4v) is 1.55.